The molecule has 0 aromatic heterocycles. The Bertz CT molecular complexity index is 329. The third-order valence-corrected chi connectivity index (χ3v) is 2.58. The number of nitrogens with one attached hydrogen (secondary N) is 1. The zero-order valence-electron chi connectivity index (χ0n) is 9.99. The summed E-state index contributed by atoms with van der Waals surface area (Å²) in [7, 11) is 0. The van der Waals surface area contributed by atoms with Gasteiger partial charge in [0.2, 0.25) is 0 Å². The van der Waals surface area contributed by atoms with Crippen molar-refractivity contribution < 1.29 is 9.53 Å². The molecule has 1 N–H and O–H groups in total. The standard InChI is InChI=1S/C13H18ClNO2/c1-2-17-13(16)12(15-10-6-9-14)11-7-4-3-5-8-11/h3-5,7-8,12,15H,2,6,9-10H2,1H3/t12-/m0/s1. The van der Waals surface area contributed by atoms with Gasteiger partial charge in [-0.1, -0.05) is 30.3 Å². The molecule has 0 heterocycles. The van der Waals surface area contributed by atoms with Crippen LogP contribution in [0.25, 0.3) is 0 Å². The van der Waals surface area contributed by atoms with Crippen LogP contribution in [-0.4, -0.2) is 25.0 Å². The van der Waals surface area contributed by atoms with Crippen molar-refractivity contribution in [2.45, 2.75) is 19.4 Å². The van der Waals surface area contributed by atoms with Crippen LogP contribution >= 0.6 is 11.6 Å². The van der Waals surface area contributed by atoms with Crippen molar-refractivity contribution in [1.29, 1.82) is 0 Å². The van der Waals surface area contributed by atoms with Crippen molar-refractivity contribution in [3.8, 4) is 0 Å². The maximum atomic E-state index is 11.8. The molecule has 0 aliphatic carbocycles. The van der Waals surface area contributed by atoms with Crippen molar-refractivity contribution in [1.82, 2.24) is 5.32 Å². The van der Waals surface area contributed by atoms with Crippen molar-refractivity contribution in [3.63, 3.8) is 0 Å². The van der Waals surface area contributed by atoms with E-state index in [1.807, 2.05) is 30.3 Å². The Labute approximate surface area is 107 Å². The van der Waals surface area contributed by atoms with E-state index in [0.717, 1.165) is 12.0 Å². The fraction of sp³-hybridized carbons (Fsp3) is 0.462. The van der Waals surface area contributed by atoms with E-state index in [4.69, 9.17) is 16.3 Å². The zero-order chi connectivity index (χ0) is 12.5. The van der Waals surface area contributed by atoms with E-state index >= 15 is 0 Å². The molecule has 0 spiro atoms. The Morgan fingerprint density at radius 2 is 2.12 bits per heavy atom. The molecule has 1 aromatic carbocycles. The highest BCUT2D eigenvalue weighted by atomic mass is 35.5. The molecule has 94 valence electrons. The molecule has 0 aliphatic rings. The minimum absolute atomic E-state index is 0.242. The second kappa shape index (κ2) is 8.09. The first-order valence-electron chi connectivity index (χ1n) is 5.80. The van der Waals surface area contributed by atoms with Gasteiger partial charge in [0.05, 0.1) is 6.61 Å². The first-order chi connectivity index (χ1) is 8.29. The summed E-state index contributed by atoms with van der Waals surface area (Å²) in [6.07, 6.45) is 0.824. The quantitative estimate of drug-likeness (QED) is 0.462. The lowest BCUT2D eigenvalue weighted by molar-refractivity contribution is -0.145. The normalized spacial score (nSPS) is 12.1. The Hall–Kier alpha value is -1.06. The molecule has 1 atom stereocenters. The van der Waals surface area contributed by atoms with E-state index < -0.39 is 6.04 Å². The summed E-state index contributed by atoms with van der Waals surface area (Å²) in [6, 6.07) is 9.16. The highest BCUT2D eigenvalue weighted by Crippen LogP contribution is 2.14. The largest absolute Gasteiger partial charge is 0.465 e. The molecule has 0 amide bonds. The molecule has 0 radical (unpaired) electrons. The minimum Gasteiger partial charge on any atom is -0.465 e. The topological polar surface area (TPSA) is 38.3 Å². The van der Waals surface area contributed by atoms with Gasteiger partial charge in [-0.15, -0.1) is 11.6 Å². The third-order valence-electron chi connectivity index (χ3n) is 2.31. The van der Waals surface area contributed by atoms with E-state index in [1.54, 1.807) is 6.92 Å². The molecule has 0 aliphatic heterocycles. The summed E-state index contributed by atoms with van der Waals surface area (Å²) in [4.78, 5) is 11.8. The first-order valence-corrected chi connectivity index (χ1v) is 6.34. The molecule has 4 heteroatoms. The van der Waals surface area contributed by atoms with Crippen LogP contribution in [0.4, 0.5) is 0 Å². The maximum Gasteiger partial charge on any atom is 0.327 e. The average Bonchev–Trinajstić information content (AvgIpc) is 2.36. The monoisotopic (exact) mass is 255 g/mol. The van der Waals surface area contributed by atoms with Gasteiger partial charge in [0.1, 0.15) is 6.04 Å². The first kappa shape index (κ1) is 14.0. The molecule has 1 rings (SSSR count). The number of esters is 1. The third kappa shape index (κ3) is 4.75. The van der Waals surface area contributed by atoms with Gasteiger partial charge in [0.25, 0.3) is 0 Å². The van der Waals surface area contributed by atoms with Crippen LogP contribution in [0.5, 0.6) is 0 Å². The predicted octanol–water partition coefficient (Wildman–Crippen LogP) is 2.51. The summed E-state index contributed by atoms with van der Waals surface area (Å²) >= 11 is 5.62. The van der Waals surface area contributed by atoms with Crippen molar-refractivity contribution in [2.24, 2.45) is 0 Å². The van der Waals surface area contributed by atoms with Gasteiger partial charge in [-0.3, -0.25) is 0 Å². The van der Waals surface area contributed by atoms with Crippen LogP contribution < -0.4 is 5.32 Å². The molecule has 1 aromatic rings. The summed E-state index contributed by atoms with van der Waals surface area (Å²) in [6.45, 7) is 2.89. The van der Waals surface area contributed by atoms with E-state index in [1.165, 1.54) is 0 Å². The van der Waals surface area contributed by atoms with Crippen LogP contribution in [0.2, 0.25) is 0 Å². The van der Waals surface area contributed by atoms with Crippen LogP contribution in [0.3, 0.4) is 0 Å². The molecule has 17 heavy (non-hydrogen) atoms. The van der Waals surface area contributed by atoms with Crippen LogP contribution in [-0.2, 0) is 9.53 Å². The number of carbonyl (C=O) groups is 1. The molecule has 0 saturated heterocycles. The molecule has 3 nitrogen and oxygen atoms in total. The second-order valence-electron chi connectivity index (χ2n) is 3.59. The number of hydrogen-bond acceptors (Lipinski definition) is 3. The summed E-state index contributed by atoms with van der Waals surface area (Å²) in [5.41, 5.74) is 0.917. The van der Waals surface area contributed by atoms with E-state index in [0.29, 0.717) is 19.0 Å². The van der Waals surface area contributed by atoms with Gasteiger partial charge in [-0.05, 0) is 25.5 Å². The minimum atomic E-state index is -0.403. The number of benzene rings is 1. The number of carbonyl (C=O) groups excluding carboxylic acids is 1. The molecule has 0 unspecified atom stereocenters. The molecular formula is C13H18ClNO2. The van der Waals surface area contributed by atoms with Gasteiger partial charge in [-0.25, -0.2) is 4.79 Å². The average molecular weight is 256 g/mol. The van der Waals surface area contributed by atoms with Gasteiger partial charge >= 0.3 is 5.97 Å². The molecular weight excluding hydrogens is 238 g/mol. The Balaban J connectivity index is 2.68. The number of hydrogen-bond donors (Lipinski definition) is 1. The van der Waals surface area contributed by atoms with Crippen molar-refractivity contribution in [2.75, 3.05) is 19.0 Å². The molecule has 0 bridgehead atoms. The Kier molecular flexibility index (Phi) is 6.67. The molecule has 0 fully saturated rings. The van der Waals surface area contributed by atoms with Gasteiger partial charge < -0.3 is 10.1 Å². The summed E-state index contributed by atoms with van der Waals surface area (Å²) < 4.78 is 5.05. The fourth-order valence-corrected chi connectivity index (χ4v) is 1.66. The van der Waals surface area contributed by atoms with Crippen LogP contribution in [0.15, 0.2) is 30.3 Å². The van der Waals surface area contributed by atoms with E-state index in [-0.39, 0.29) is 5.97 Å². The van der Waals surface area contributed by atoms with Gasteiger partial charge in [0, 0.05) is 5.88 Å². The lowest BCUT2D eigenvalue weighted by Crippen LogP contribution is -2.31. The van der Waals surface area contributed by atoms with E-state index in [2.05, 4.69) is 5.32 Å². The van der Waals surface area contributed by atoms with Crippen LogP contribution in [0, 0.1) is 0 Å². The highest BCUT2D eigenvalue weighted by Gasteiger charge is 2.20. The van der Waals surface area contributed by atoms with Gasteiger partial charge in [-0.2, -0.15) is 0 Å². The summed E-state index contributed by atoms with van der Waals surface area (Å²) in [5.74, 6) is 0.338. The fourth-order valence-electron chi connectivity index (χ4n) is 1.52. The Morgan fingerprint density at radius 3 is 2.71 bits per heavy atom. The predicted molar refractivity (Wildman–Crippen MR) is 69.2 cm³/mol. The van der Waals surface area contributed by atoms with Crippen molar-refractivity contribution in [3.05, 3.63) is 35.9 Å². The smallest absolute Gasteiger partial charge is 0.327 e. The van der Waals surface area contributed by atoms with Crippen LogP contribution in [0.1, 0.15) is 24.9 Å². The summed E-state index contributed by atoms with van der Waals surface area (Å²) in [5, 5.41) is 3.16. The zero-order valence-corrected chi connectivity index (χ0v) is 10.7. The lowest BCUT2D eigenvalue weighted by Gasteiger charge is -2.17. The highest BCUT2D eigenvalue weighted by molar-refractivity contribution is 6.17. The number of ether oxygens (including phenoxy) is 1. The maximum absolute atomic E-state index is 11.8. The van der Waals surface area contributed by atoms with Crippen molar-refractivity contribution >= 4 is 17.6 Å². The van der Waals surface area contributed by atoms with Gasteiger partial charge in [0.15, 0.2) is 0 Å². The number of rotatable bonds is 7. The van der Waals surface area contributed by atoms with E-state index in [9.17, 15) is 4.79 Å². The Morgan fingerprint density at radius 1 is 1.41 bits per heavy atom. The molecule has 0 saturated carbocycles. The number of halogens is 1. The SMILES string of the molecule is CCOC(=O)[C@@H](NCCCCl)c1ccccc1. The number of alkyl halides is 1. The second-order valence-corrected chi connectivity index (χ2v) is 3.97. The lowest BCUT2D eigenvalue weighted by atomic mass is 10.1.